The summed E-state index contributed by atoms with van der Waals surface area (Å²) >= 11 is 0. The minimum atomic E-state index is -3.46. The maximum atomic E-state index is 11.4. The van der Waals surface area contributed by atoms with Gasteiger partial charge >= 0.3 is 0 Å². The van der Waals surface area contributed by atoms with Crippen molar-refractivity contribution >= 4 is 10.0 Å². The van der Waals surface area contributed by atoms with Gasteiger partial charge in [0.2, 0.25) is 5.09 Å². The molecule has 16 heavy (non-hydrogen) atoms. The number of sulfonamides is 1. The average Bonchev–Trinajstić information content (AvgIpc) is 2.82. The largest absolute Gasteiger partial charge is 0.447 e. The third kappa shape index (κ3) is 2.45. The molecule has 0 radical (unpaired) electrons. The number of nitrogens with one attached hydrogen (secondary N) is 2. The molecule has 0 aromatic carbocycles. The van der Waals surface area contributed by atoms with Gasteiger partial charge in [-0.25, -0.2) is 13.1 Å². The van der Waals surface area contributed by atoms with Crippen LogP contribution >= 0.6 is 0 Å². The van der Waals surface area contributed by atoms with E-state index in [-0.39, 0.29) is 10.6 Å². The average molecular weight is 244 g/mol. The molecular weight excluding hydrogens is 228 g/mol. The van der Waals surface area contributed by atoms with Crippen molar-refractivity contribution in [1.29, 1.82) is 0 Å². The van der Waals surface area contributed by atoms with E-state index < -0.39 is 10.0 Å². The van der Waals surface area contributed by atoms with Crippen molar-refractivity contribution in [1.82, 2.24) is 10.0 Å². The van der Waals surface area contributed by atoms with Crippen LogP contribution in [0, 0.1) is 0 Å². The van der Waals surface area contributed by atoms with Crippen molar-refractivity contribution < 1.29 is 12.8 Å². The predicted molar refractivity (Wildman–Crippen MR) is 59.4 cm³/mol. The lowest BCUT2D eigenvalue weighted by molar-refractivity contribution is 0.387. The van der Waals surface area contributed by atoms with E-state index in [9.17, 15) is 8.42 Å². The predicted octanol–water partition coefficient (Wildman–Crippen LogP) is 0.830. The van der Waals surface area contributed by atoms with E-state index in [1.807, 2.05) is 0 Å². The molecule has 1 saturated carbocycles. The second kappa shape index (κ2) is 3.87. The molecule has 5 nitrogen and oxygen atoms in total. The van der Waals surface area contributed by atoms with Crippen LogP contribution in [0.2, 0.25) is 0 Å². The van der Waals surface area contributed by atoms with E-state index in [1.165, 1.54) is 13.1 Å². The van der Waals surface area contributed by atoms with Crippen LogP contribution in [-0.4, -0.2) is 21.0 Å². The summed E-state index contributed by atoms with van der Waals surface area (Å²) in [7, 11) is -2.10. The van der Waals surface area contributed by atoms with E-state index in [0.717, 1.165) is 12.8 Å². The van der Waals surface area contributed by atoms with Crippen LogP contribution < -0.4 is 10.0 Å². The van der Waals surface area contributed by atoms with Gasteiger partial charge in [-0.2, -0.15) is 0 Å². The Labute approximate surface area is 95.3 Å². The number of hydrogen-bond donors (Lipinski definition) is 2. The second-order valence-corrected chi connectivity index (χ2v) is 6.16. The summed E-state index contributed by atoms with van der Waals surface area (Å²) in [5.41, 5.74) is 0.217. The molecular formula is C10H16N2O3S. The highest BCUT2D eigenvalue weighted by molar-refractivity contribution is 7.89. The molecule has 6 heteroatoms. The van der Waals surface area contributed by atoms with Crippen molar-refractivity contribution in [3.05, 3.63) is 17.9 Å². The van der Waals surface area contributed by atoms with E-state index >= 15 is 0 Å². The molecule has 1 fully saturated rings. The normalized spacial score (nSPS) is 18.6. The van der Waals surface area contributed by atoms with Gasteiger partial charge in [0.25, 0.3) is 10.0 Å². The van der Waals surface area contributed by atoms with Crippen LogP contribution in [0.25, 0.3) is 0 Å². The van der Waals surface area contributed by atoms with Crippen LogP contribution in [0.3, 0.4) is 0 Å². The smallest absolute Gasteiger partial charge is 0.273 e. The lowest BCUT2D eigenvalue weighted by Crippen LogP contribution is -2.26. The van der Waals surface area contributed by atoms with E-state index in [4.69, 9.17) is 4.42 Å². The third-order valence-electron chi connectivity index (χ3n) is 2.86. The quantitative estimate of drug-likeness (QED) is 0.804. The summed E-state index contributed by atoms with van der Waals surface area (Å²) in [6, 6.07) is 3.15. The highest BCUT2D eigenvalue weighted by Crippen LogP contribution is 2.34. The van der Waals surface area contributed by atoms with Crippen LogP contribution in [0.4, 0.5) is 0 Å². The van der Waals surface area contributed by atoms with E-state index in [2.05, 4.69) is 17.0 Å². The molecule has 1 heterocycles. The Morgan fingerprint density at radius 1 is 1.44 bits per heavy atom. The van der Waals surface area contributed by atoms with Gasteiger partial charge in [-0.3, -0.25) is 0 Å². The fourth-order valence-corrected chi connectivity index (χ4v) is 2.03. The van der Waals surface area contributed by atoms with Gasteiger partial charge in [-0.15, -0.1) is 0 Å². The maximum Gasteiger partial charge on any atom is 0.273 e. The van der Waals surface area contributed by atoms with Crippen molar-refractivity contribution in [2.75, 3.05) is 7.05 Å². The monoisotopic (exact) mass is 244 g/mol. The highest BCUT2D eigenvalue weighted by atomic mass is 32.2. The Balaban J connectivity index is 2.02. The van der Waals surface area contributed by atoms with E-state index in [0.29, 0.717) is 12.3 Å². The minimum Gasteiger partial charge on any atom is -0.447 e. The van der Waals surface area contributed by atoms with Crippen molar-refractivity contribution in [3.63, 3.8) is 0 Å². The molecule has 0 unspecified atom stereocenters. The summed E-state index contributed by atoms with van der Waals surface area (Å²) in [5, 5.41) is 3.29. The minimum absolute atomic E-state index is 0.0345. The standard InChI is InChI=1S/C10H16N2O3S/c1-10(5-6-10)12-7-8-3-4-9(15-8)16(13,14)11-2/h3-4,11-12H,5-7H2,1-2H3. The lowest BCUT2D eigenvalue weighted by atomic mass is 10.3. The van der Waals surface area contributed by atoms with Gasteiger partial charge in [-0.05, 0) is 38.9 Å². The Bertz CT molecular complexity index is 474. The van der Waals surface area contributed by atoms with Crippen LogP contribution in [-0.2, 0) is 16.6 Å². The molecule has 1 aromatic heterocycles. The summed E-state index contributed by atoms with van der Waals surface area (Å²) in [4.78, 5) is 0. The zero-order valence-corrected chi connectivity index (χ0v) is 10.2. The van der Waals surface area contributed by atoms with Gasteiger partial charge < -0.3 is 9.73 Å². The van der Waals surface area contributed by atoms with Gasteiger partial charge in [0, 0.05) is 5.54 Å². The first-order valence-electron chi connectivity index (χ1n) is 5.22. The molecule has 0 atom stereocenters. The van der Waals surface area contributed by atoms with Gasteiger partial charge in [0.05, 0.1) is 6.54 Å². The molecule has 0 saturated heterocycles. The molecule has 0 aliphatic heterocycles. The first-order valence-corrected chi connectivity index (χ1v) is 6.71. The Morgan fingerprint density at radius 3 is 2.69 bits per heavy atom. The first-order chi connectivity index (χ1) is 7.45. The fourth-order valence-electron chi connectivity index (χ4n) is 1.36. The summed E-state index contributed by atoms with van der Waals surface area (Å²) in [6.45, 7) is 2.71. The lowest BCUT2D eigenvalue weighted by Gasteiger charge is -2.08. The first kappa shape index (κ1) is 11.6. The van der Waals surface area contributed by atoms with Crippen molar-refractivity contribution in [2.24, 2.45) is 0 Å². The Morgan fingerprint density at radius 2 is 2.12 bits per heavy atom. The zero-order chi connectivity index (χ0) is 11.8. The summed E-state index contributed by atoms with van der Waals surface area (Å²) < 4.78 is 30.3. The van der Waals surface area contributed by atoms with Gasteiger partial charge in [0.1, 0.15) is 5.76 Å². The molecule has 1 aromatic rings. The second-order valence-electron chi connectivity index (χ2n) is 4.34. The SMILES string of the molecule is CNS(=O)(=O)c1ccc(CNC2(C)CC2)o1. The van der Waals surface area contributed by atoms with E-state index in [1.54, 1.807) is 6.07 Å². The topological polar surface area (TPSA) is 71.3 Å². The fraction of sp³-hybridized carbons (Fsp3) is 0.600. The maximum absolute atomic E-state index is 11.4. The van der Waals surface area contributed by atoms with Crippen LogP contribution in [0.15, 0.2) is 21.6 Å². The summed E-state index contributed by atoms with van der Waals surface area (Å²) in [5.74, 6) is 0.641. The van der Waals surface area contributed by atoms with Crippen molar-refractivity contribution in [2.45, 2.75) is 36.9 Å². The highest BCUT2D eigenvalue weighted by Gasteiger charge is 2.36. The van der Waals surface area contributed by atoms with Crippen LogP contribution in [0.5, 0.6) is 0 Å². The number of furan rings is 1. The Kier molecular flexibility index (Phi) is 2.81. The van der Waals surface area contributed by atoms with Gasteiger partial charge in [-0.1, -0.05) is 0 Å². The molecule has 2 rings (SSSR count). The summed E-state index contributed by atoms with van der Waals surface area (Å²) in [6.07, 6.45) is 2.32. The number of rotatable bonds is 5. The third-order valence-corrected chi connectivity index (χ3v) is 4.15. The molecule has 1 aliphatic rings. The van der Waals surface area contributed by atoms with Crippen LogP contribution in [0.1, 0.15) is 25.5 Å². The number of hydrogen-bond acceptors (Lipinski definition) is 4. The molecule has 0 bridgehead atoms. The zero-order valence-electron chi connectivity index (χ0n) is 9.41. The molecule has 1 aliphatic carbocycles. The van der Waals surface area contributed by atoms with Gasteiger partial charge in [0.15, 0.2) is 0 Å². The Hall–Kier alpha value is -0.850. The van der Waals surface area contributed by atoms with Crippen molar-refractivity contribution in [3.8, 4) is 0 Å². The molecule has 90 valence electrons. The molecule has 0 amide bonds. The molecule has 0 spiro atoms. The molecule has 2 N–H and O–H groups in total.